The zero-order valence-corrected chi connectivity index (χ0v) is 11.5. The summed E-state index contributed by atoms with van der Waals surface area (Å²) in [6, 6.07) is 7.43. The second-order valence-electron chi connectivity index (χ2n) is 5.59. The highest BCUT2D eigenvalue weighted by atomic mass is 35.5. The maximum absolute atomic E-state index is 11.9. The molecule has 1 aromatic carbocycles. The van der Waals surface area contributed by atoms with E-state index in [1.165, 1.54) is 19.3 Å². The van der Waals surface area contributed by atoms with Crippen molar-refractivity contribution in [2.24, 2.45) is 11.8 Å². The second kappa shape index (κ2) is 5.41. The number of fused-ring (bicyclic) bond motifs is 2. The van der Waals surface area contributed by atoms with Crippen LogP contribution in [0.4, 0.5) is 0 Å². The van der Waals surface area contributed by atoms with E-state index >= 15 is 0 Å². The van der Waals surface area contributed by atoms with Crippen LogP contribution < -0.4 is 10.1 Å². The molecule has 0 saturated heterocycles. The molecule has 4 heteroatoms. The van der Waals surface area contributed by atoms with E-state index < -0.39 is 0 Å². The minimum absolute atomic E-state index is 0.0208. The molecule has 2 bridgehead atoms. The van der Waals surface area contributed by atoms with Gasteiger partial charge in [-0.05, 0) is 55.4 Å². The van der Waals surface area contributed by atoms with Crippen molar-refractivity contribution < 1.29 is 9.53 Å². The Balaban J connectivity index is 1.45. The Morgan fingerprint density at radius 2 is 2.05 bits per heavy atom. The van der Waals surface area contributed by atoms with Gasteiger partial charge in [-0.3, -0.25) is 4.79 Å². The highest BCUT2D eigenvalue weighted by molar-refractivity contribution is 6.30. The van der Waals surface area contributed by atoms with Gasteiger partial charge in [0.1, 0.15) is 5.75 Å². The first-order chi connectivity index (χ1) is 9.20. The SMILES string of the molecule is O=C(COc1ccc(Cl)cc1)NC1CC2CCC1C2. The molecule has 3 nitrogen and oxygen atoms in total. The van der Waals surface area contributed by atoms with Crippen molar-refractivity contribution in [3.63, 3.8) is 0 Å². The van der Waals surface area contributed by atoms with Crippen LogP contribution in [0.25, 0.3) is 0 Å². The molecule has 0 radical (unpaired) electrons. The van der Waals surface area contributed by atoms with Crippen LogP contribution in [0.3, 0.4) is 0 Å². The largest absolute Gasteiger partial charge is 0.484 e. The average Bonchev–Trinajstić information content (AvgIpc) is 3.00. The van der Waals surface area contributed by atoms with Crippen LogP contribution in [0.5, 0.6) is 5.75 Å². The van der Waals surface area contributed by atoms with Gasteiger partial charge < -0.3 is 10.1 Å². The quantitative estimate of drug-likeness (QED) is 0.920. The first kappa shape index (κ1) is 12.8. The first-order valence-corrected chi connectivity index (χ1v) is 7.26. The Kier molecular flexibility index (Phi) is 3.65. The number of carbonyl (C=O) groups excluding carboxylic acids is 1. The molecular weight excluding hydrogens is 262 g/mol. The summed E-state index contributed by atoms with van der Waals surface area (Å²) in [5, 5.41) is 3.77. The van der Waals surface area contributed by atoms with E-state index in [9.17, 15) is 4.79 Å². The third-order valence-electron chi connectivity index (χ3n) is 4.27. The summed E-state index contributed by atoms with van der Waals surface area (Å²) in [6.45, 7) is 0.0789. The maximum Gasteiger partial charge on any atom is 0.258 e. The fourth-order valence-corrected chi connectivity index (χ4v) is 3.48. The standard InChI is InChI=1S/C15H18ClNO2/c16-12-3-5-13(6-4-12)19-9-15(18)17-14-8-10-1-2-11(14)7-10/h3-6,10-11,14H,1-2,7-9H2,(H,17,18). The molecular formula is C15H18ClNO2. The average molecular weight is 280 g/mol. The second-order valence-corrected chi connectivity index (χ2v) is 6.03. The monoisotopic (exact) mass is 279 g/mol. The van der Waals surface area contributed by atoms with Gasteiger partial charge >= 0.3 is 0 Å². The van der Waals surface area contributed by atoms with E-state index in [0.717, 1.165) is 12.3 Å². The van der Waals surface area contributed by atoms with Crippen molar-refractivity contribution in [3.05, 3.63) is 29.3 Å². The highest BCUT2D eigenvalue weighted by Crippen LogP contribution is 2.44. The fourth-order valence-electron chi connectivity index (χ4n) is 3.35. The molecule has 2 aliphatic rings. The van der Waals surface area contributed by atoms with Crippen molar-refractivity contribution in [2.75, 3.05) is 6.61 Å². The number of hydrogen-bond donors (Lipinski definition) is 1. The molecule has 3 atom stereocenters. The molecule has 1 amide bonds. The van der Waals surface area contributed by atoms with Crippen LogP contribution in [-0.2, 0) is 4.79 Å². The lowest BCUT2D eigenvalue weighted by Crippen LogP contribution is -2.40. The smallest absolute Gasteiger partial charge is 0.258 e. The van der Waals surface area contributed by atoms with E-state index in [4.69, 9.17) is 16.3 Å². The summed E-state index contributed by atoms with van der Waals surface area (Å²) in [6.07, 6.45) is 5.06. The molecule has 2 aliphatic carbocycles. The third kappa shape index (κ3) is 3.03. The summed E-state index contributed by atoms with van der Waals surface area (Å²) in [5.41, 5.74) is 0. The first-order valence-electron chi connectivity index (χ1n) is 6.88. The number of ether oxygens (including phenoxy) is 1. The number of nitrogens with one attached hydrogen (secondary N) is 1. The molecule has 0 spiro atoms. The molecule has 3 rings (SSSR count). The van der Waals surface area contributed by atoms with E-state index in [1.54, 1.807) is 24.3 Å². The molecule has 1 aromatic rings. The Bertz CT molecular complexity index is 460. The lowest BCUT2D eigenvalue weighted by Gasteiger charge is -2.22. The van der Waals surface area contributed by atoms with Crippen LogP contribution in [0.15, 0.2) is 24.3 Å². The van der Waals surface area contributed by atoms with E-state index in [0.29, 0.717) is 22.7 Å². The van der Waals surface area contributed by atoms with Gasteiger partial charge in [0, 0.05) is 11.1 Å². The fraction of sp³-hybridized carbons (Fsp3) is 0.533. The van der Waals surface area contributed by atoms with Crippen LogP contribution in [0.1, 0.15) is 25.7 Å². The number of hydrogen-bond acceptors (Lipinski definition) is 2. The minimum atomic E-state index is -0.0208. The van der Waals surface area contributed by atoms with Gasteiger partial charge in [-0.2, -0.15) is 0 Å². The van der Waals surface area contributed by atoms with Crippen molar-refractivity contribution >= 4 is 17.5 Å². The number of rotatable bonds is 4. The van der Waals surface area contributed by atoms with Crippen molar-refractivity contribution in [1.29, 1.82) is 0 Å². The van der Waals surface area contributed by atoms with E-state index in [-0.39, 0.29) is 12.5 Å². The molecule has 3 unspecified atom stereocenters. The normalized spacial score (nSPS) is 28.4. The van der Waals surface area contributed by atoms with Gasteiger partial charge in [-0.25, -0.2) is 0 Å². The van der Waals surface area contributed by atoms with E-state index in [1.807, 2.05) is 0 Å². The van der Waals surface area contributed by atoms with E-state index in [2.05, 4.69) is 5.32 Å². The molecule has 19 heavy (non-hydrogen) atoms. The number of benzene rings is 1. The summed E-state index contributed by atoms with van der Waals surface area (Å²) in [7, 11) is 0. The topological polar surface area (TPSA) is 38.3 Å². The van der Waals surface area contributed by atoms with Crippen LogP contribution in [0.2, 0.25) is 5.02 Å². The van der Waals surface area contributed by atoms with Crippen LogP contribution in [0, 0.1) is 11.8 Å². The number of halogens is 1. The summed E-state index contributed by atoms with van der Waals surface area (Å²) < 4.78 is 5.44. The summed E-state index contributed by atoms with van der Waals surface area (Å²) in [5.74, 6) is 2.19. The molecule has 102 valence electrons. The minimum Gasteiger partial charge on any atom is -0.484 e. The molecule has 0 heterocycles. The number of carbonyl (C=O) groups is 1. The Labute approximate surface area is 118 Å². The van der Waals surface area contributed by atoms with Gasteiger partial charge in [0.05, 0.1) is 0 Å². The van der Waals surface area contributed by atoms with Crippen molar-refractivity contribution in [3.8, 4) is 5.75 Å². The Morgan fingerprint density at radius 1 is 1.26 bits per heavy atom. The zero-order chi connectivity index (χ0) is 13.2. The lowest BCUT2D eigenvalue weighted by molar-refractivity contribution is -0.124. The Hall–Kier alpha value is -1.22. The predicted octanol–water partition coefficient (Wildman–Crippen LogP) is 3.02. The summed E-state index contributed by atoms with van der Waals surface area (Å²) in [4.78, 5) is 11.9. The van der Waals surface area contributed by atoms with Crippen molar-refractivity contribution in [1.82, 2.24) is 5.32 Å². The van der Waals surface area contributed by atoms with Gasteiger partial charge in [0.15, 0.2) is 6.61 Å². The zero-order valence-electron chi connectivity index (χ0n) is 10.8. The van der Waals surface area contributed by atoms with Crippen LogP contribution in [-0.4, -0.2) is 18.6 Å². The Morgan fingerprint density at radius 3 is 2.68 bits per heavy atom. The van der Waals surface area contributed by atoms with Gasteiger partial charge in [0.2, 0.25) is 0 Å². The van der Waals surface area contributed by atoms with Crippen LogP contribution >= 0.6 is 11.6 Å². The number of amides is 1. The summed E-state index contributed by atoms with van der Waals surface area (Å²) >= 11 is 5.79. The van der Waals surface area contributed by atoms with Crippen molar-refractivity contribution in [2.45, 2.75) is 31.7 Å². The predicted molar refractivity (Wildman–Crippen MR) is 74.3 cm³/mol. The molecule has 2 saturated carbocycles. The highest BCUT2D eigenvalue weighted by Gasteiger charge is 2.40. The molecule has 0 aromatic heterocycles. The molecule has 2 fully saturated rings. The van der Waals surface area contributed by atoms with Gasteiger partial charge in [0.25, 0.3) is 5.91 Å². The third-order valence-corrected chi connectivity index (χ3v) is 4.52. The molecule has 0 aliphatic heterocycles. The van der Waals surface area contributed by atoms with Gasteiger partial charge in [-0.1, -0.05) is 18.0 Å². The molecule has 1 N–H and O–H groups in total. The maximum atomic E-state index is 11.9. The lowest BCUT2D eigenvalue weighted by atomic mass is 9.95. The van der Waals surface area contributed by atoms with Gasteiger partial charge in [-0.15, -0.1) is 0 Å².